The monoisotopic (exact) mass is 352 g/mol. The summed E-state index contributed by atoms with van der Waals surface area (Å²) in [5, 5.41) is 5.09. The van der Waals surface area contributed by atoms with E-state index < -0.39 is 10.0 Å². The molecule has 1 aliphatic heterocycles. The van der Waals surface area contributed by atoms with Crippen molar-refractivity contribution >= 4 is 37.3 Å². The molecular weight excluding hydrogens is 336 g/mol. The van der Waals surface area contributed by atoms with Crippen molar-refractivity contribution < 1.29 is 8.42 Å². The van der Waals surface area contributed by atoms with Crippen LogP contribution < -0.4 is 5.32 Å². The van der Waals surface area contributed by atoms with Gasteiger partial charge in [0.2, 0.25) is 0 Å². The maximum atomic E-state index is 12.5. The molecule has 2 rings (SSSR count). The van der Waals surface area contributed by atoms with Gasteiger partial charge in [-0.3, -0.25) is 0 Å². The van der Waals surface area contributed by atoms with Gasteiger partial charge in [0.1, 0.15) is 4.21 Å². The van der Waals surface area contributed by atoms with Crippen LogP contribution in [0.3, 0.4) is 0 Å². The lowest BCUT2D eigenvalue weighted by atomic mass is 10.1. The quantitative estimate of drug-likeness (QED) is 0.907. The molecule has 0 amide bonds. The molecule has 1 saturated heterocycles. The van der Waals surface area contributed by atoms with Crippen LogP contribution in [0.4, 0.5) is 0 Å². The van der Waals surface area contributed by atoms with Gasteiger partial charge in [-0.1, -0.05) is 0 Å². The van der Waals surface area contributed by atoms with Crippen molar-refractivity contribution in [1.82, 2.24) is 9.62 Å². The van der Waals surface area contributed by atoms with Crippen LogP contribution in [0.25, 0.3) is 0 Å². The largest absolute Gasteiger partial charge is 0.317 e. The molecule has 1 unspecified atom stereocenters. The fraction of sp³-hybridized carbons (Fsp3) is 0.636. The molecule has 1 fully saturated rings. The number of nitrogens with one attached hydrogen (secondary N) is 1. The van der Waals surface area contributed by atoms with Gasteiger partial charge in [-0.15, -0.1) is 11.3 Å². The Bertz CT molecular complexity index is 493. The van der Waals surface area contributed by atoms with Crippen molar-refractivity contribution in [2.45, 2.75) is 29.5 Å². The van der Waals surface area contributed by atoms with Crippen molar-refractivity contribution in [3.63, 3.8) is 0 Å². The Morgan fingerprint density at radius 2 is 2.22 bits per heavy atom. The number of sulfonamides is 1. The summed E-state index contributed by atoms with van der Waals surface area (Å²) in [6.07, 6.45) is 2.82. The Morgan fingerprint density at radius 3 is 2.89 bits per heavy atom. The Hall–Kier alpha value is 0.0500. The third kappa shape index (κ3) is 2.96. The second-order valence-corrected chi connectivity index (χ2v) is 8.38. The van der Waals surface area contributed by atoms with Gasteiger partial charge in [0, 0.05) is 17.6 Å². The van der Waals surface area contributed by atoms with Gasteiger partial charge in [0.05, 0.1) is 0 Å². The minimum atomic E-state index is -3.36. The van der Waals surface area contributed by atoms with E-state index in [-0.39, 0.29) is 6.04 Å². The molecule has 7 heteroatoms. The highest BCUT2D eigenvalue weighted by Crippen LogP contribution is 2.31. The Labute approximate surface area is 121 Å². The van der Waals surface area contributed by atoms with Crippen LogP contribution >= 0.6 is 27.3 Å². The van der Waals surface area contributed by atoms with E-state index in [4.69, 9.17) is 0 Å². The molecule has 1 N–H and O–H groups in total. The highest BCUT2D eigenvalue weighted by Gasteiger charge is 2.30. The summed E-state index contributed by atoms with van der Waals surface area (Å²) in [4.78, 5) is 0. The van der Waals surface area contributed by atoms with Crippen LogP contribution in [0, 0.1) is 0 Å². The van der Waals surface area contributed by atoms with Gasteiger partial charge in [-0.05, 0) is 59.7 Å². The highest BCUT2D eigenvalue weighted by molar-refractivity contribution is 9.10. The van der Waals surface area contributed by atoms with Gasteiger partial charge < -0.3 is 5.32 Å². The first-order chi connectivity index (χ1) is 8.53. The fourth-order valence-electron chi connectivity index (χ4n) is 2.16. The molecule has 18 heavy (non-hydrogen) atoms. The third-order valence-corrected chi connectivity index (χ3v) is 7.81. The van der Waals surface area contributed by atoms with E-state index in [1.54, 1.807) is 18.5 Å². The van der Waals surface area contributed by atoms with Gasteiger partial charge >= 0.3 is 0 Å². The molecule has 0 bridgehead atoms. The highest BCUT2D eigenvalue weighted by atomic mass is 79.9. The fourth-order valence-corrected chi connectivity index (χ4v) is 6.05. The van der Waals surface area contributed by atoms with E-state index in [1.807, 2.05) is 0 Å². The van der Waals surface area contributed by atoms with E-state index >= 15 is 0 Å². The topological polar surface area (TPSA) is 49.4 Å². The van der Waals surface area contributed by atoms with Crippen LogP contribution in [0.5, 0.6) is 0 Å². The summed E-state index contributed by atoms with van der Waals surface area (Å²) < 4.78 is 27.6. The standard InChI is InChI=1S/C11H17BrN2O2S2/c1-14(9-3-2-6-13-7-4-9)18(15,16)11-10(12)5-8-17-11/h5,8-9,13H,2-4,6-7H2,1H3. The second kappa shape index (κ2) is 6.00. The second-order valence-electron chi connectivity index (χ2n) is 4.41. The average molecular weight is 353 g/mol. The molecule has 1 aromatic heterocycles. The van der Waals surface area contributed by atoms with E-state index in [1.165, 1.54) is 15.6 Å². The first-order valence-corrected chi connectivity index (χ1v) is 9.06. The zero-order chi connectivity index (χ0) is 13.2. The predicted molar refractivity (Wildman–Crippen MR) is 77.5 cm³/mol. The third-order valence-electron chi connectivity index (χ3n) is 3.26. The average Bonchev–Trinajstić information content (AvgIpc) is 2.63. The molecule has 2 heterocycles. The van der Waals surface area contributed by atoms with Crippen molar-refractivity contribution in [3.8, 4) is 0 Å². The molecule has 0 aliphatic carbocycles. The predicted octanol–water partition coefficient (Wildman–Crippen LogP) is 2.27. The maximum Gasteiger partial charge on any atom is 0.253 e. The molecule has 1 atom stereocenters. The van der Waals surface area contributed by atoms with Gasteiger partial charge in [0.25, 0.3) is 10.0 Å². The zero-order valence-electron chi connectivity index (χ0n) is 10.2. The molecule has 4 nitrogen and oxygen atoms in total. The SMILES string of the molecule is CN(C1CCCNCC1)S(=O)(=O)c1sccc1Br. The van der Waals surface area contributed by atoms with Crippen LogP contribution in [0.15, 0.2) is 20.1 Å². The Kier molecular flexibility index (Phi) is 4.82. The van der Waals surface area contributed by atoms with Gasteiger partial charge in [0.15, 0.2) is 0 Å². The summed E-state index contributed by atoms with van der Waals surface area (Å²) in [6, 6.07) is 1.87. The molecule has 1 aromatic rings. The summed E-state index contributed by atoms with van der Waals surface area (Å²) in [5.74, 6) is 0. The molecule has 0 radical (unpaired) electrons. The zero-order valence-corrected chi connectivity index (χ0v) is 13.4. The lowest BCUT2D eigenvalue weighted by molar-refractivity contribution is 0.342. The van der Waals surface area contributed by atoms with Gasteiger partial charge in [-0.2, -0.15) is 4.31 Å². The summed E-state index contributed by atoms with van der Waals surface area (Å²) in [5.41, 5.74) is 0. The van der Waals surface area contributed by atoms with Crippen molar-refractivity contribution in [3.05, 3.63) is 15.9 Å². The maximum absolute atomic E-state index is 12.5. The first-order valence-electron chi connectivity index (χ1n) is 5.95. The lowest BCUT2D eigenvalue weighted by Crippen LogP contribution is -2.37. The minimum Gasteiger partial charge on any atom is -0.317 e. The number of thiophene rings is 1. The molecule has 0 spiro atoms. The Morgan fingerprint density at radius 1 is 1.44 bits per heavy atom. The van der Waals surface area contributed by atoms with Gasteiger partial charge in [-0.25, -0.2) is 8.42 Å². The summed E-state index contributed by atoms with van der Waals surface area (Å²) in [6.45, 7) is 1.86. The van der Waals surface area contributed by atoms with Crippen molar-refractivity contribution in [1.29, 1.82) is 0 Å². The van der Waals surface area contributed by atoms with Crippen LogP contribution in [-0.2, 0) is 10.0 Å². The lowest BCUT2D eigenvalue weighted by Gasteiger charge is -2.25. The molecule has 102 valence electrons. The summed E-state index contributed by atoms with van der Waals surface area (Å²) in [7, 11) is -1.67. The Balaban J connectivity index is 2.21. The summed E-state index contributed by atoms with van der Waals surface area (Å²) >= 11 is 4.56. The van der Waals surface area contributed by atoms with E-state index in [2.05, 4.69) is 21.2 Å². The number of halogens is 1. The molecule has 0 saturated carbocycles. The number of nitrogens with zero attached hydrogens (tertiary/aromatic N) is 1. The molecular formula is C11H17BrN2O2S2. The number of rotatable bonds is 3. The molecule has 0 aromatic carbocycles. The molecule has 1 aliphatic rings. The van der Waals surface area contributed by atoms with E-state index in [9.17, 15) is 8.42 Å². The normalized spacial score (nSPS) is 22.1. The van der Waals surface area contributed by atoms with E-state index in [0.717, 1.165) is 32.4 Å². The van der Waals surface area contributed by atoms with Crippen molar-refractivity contribution in [2.24, 2.45) is 0 Å². The first kappa shape index (κ1) is 14.5. The smallest absolute Gasteiger partial charge is 0.253 e. The van der Waals surface area contributed by atoms with Crippen LogP contribution in [0.2, 0.25) is 0 Å². The minimum absolute atomic E-state index is 0.0963. The van der Waals surface area contributed by atoms with Crippen LogP contribution in [-0.4, -0.2) is 38.9 Å². The number of hydrogen-bond acceptors (Lipinski definition) is 4. The van der Waals surface area contributed by atoms with Crippen LogP contribution in [0.1, 0.15) is 19.3 Å². The number of hydrogen-bond donors (Lipinski definition) is 1. The van der Waals surface area contributed by atoms with Crippen molar-refractivity contribution in [2.75, 3.05) is 20.1 Å². The van der Waals surface area contributed by atoms with E-state index in [0.29, 0.717) is 8.68 Å².